The van der Waals surface area contributed by atoms with E-state index >= 15 is 0 Å². The van der Waals surface area contributed by atoms with E-state index in [1.54, 1.807) is 31.7 Å². The Morgan fingerprint density at radius 2 is 2.17 bits per heavy atom. The first-order valence-corrected chi connectivity index (χ1v) is 12.2. The van der Waals surface area contributed by atoms with Crippen molar-refractivity contribution < 1.29 is 28.8 Å². The Bertz CT molecular complexity index is 1250. The lowest BCUT2D eigenvalue weighted by Gasteiger charge is -2.23. The average Bonchev–Trinajstić information content (AvgIpc) is 3.31. The molecule has 1 fully saturated rings. The Kier molecular flexibility index (Phi) is 7.18. The van der Waals surface area contributed by atoms with E-state index < -0.39 is 12.2 Å². The van der Waals surface area contributed by atoms with E-state index in [-0.39, 0.29) is 6.10 Å². The van der Waals surface area contributed by atoms with Crippen LogP contribution in [0.1, 0.15) is 50.2 Å². The molecule has 0 spiro atoms. The van der Waals surface area contributed by atoms with Gasteiger partial charge in [0, 0.05) is 17.8 Å². The van der Waals surface area contributed by atoms with Crippen molar-refractivity contribution in [2.45, 2.75) is 50.7 Å². The molecule has 4 heterocycles. The average molecular weight is 492 g/mol. The molecule has 2 atom stereocenters. The highest BCUT2D eigenvalue weighted by atomic mass is 16.6. The second kappa shape index (κ2) is 10.8. The van der Waals surface area contributed by atoms with Gasteiger partial charge in [-0.2, -0.15) is 0 Å². The van der Waals surface area contributed by atoms with Gasteiger partial charge in [0.25, 0.3) is 0 Å². The van der Waals surface area contributed by atoms with Gasteiger partial charge < -0.3 is 24.1 Å². The Hall–Kier alpha value is -3.85. The van der Waals surface area contributed by atoms with Crippen molar-refractivity contribution in [3.63, 3.8) is 0 Å². The van der Waals surface area contributed by atoms with Crippen LogP contribution in [0.3, 0.4) is 0 Å². The molecule has 1 aliphatic carbocycles. The number of aliphatic hydroxyl groups is 1. The van der Waals surface area contributed by atoms with Gasteiger partial charge in [-0.25, -0.2) is 14.7 Å². The minimum absolute atomic E-state index is 0.252. The number of methoxy groups -OCH3 is 1. The summed E-state index contributed by atoms with van der Waals surface area (Å²) in [6.07, 6.45) is 13.9. The molecule has 2 aliphatic heterocycles. The van der Waals surface area contributed by atoms with Crippen molar-refractivity contribution >= 4 is 17.1 Å². The Balaban J connectivity index is 1.11. The molecule has 1 saturated heterocycles. The number of hydrogen-bond acceptors (Lipinski definition) is 8. The van der Waals surface area contributed by atoms with Gasteiger partial charge in [-0.1, -0.05) is 24.6 Å². The van der Waals surface area contributed by atoms with E-state index in [0.717, 1.165) is 36.8 Å². The quantitative estimate of drug-likeness (QED) is 0.488. The summed E-state index contributed by atoms with van der Waals surface area (Å²) in [5, 5.41) is 10.8. The summed E-state index contributed by atoms with van der Waals surface area (Å²) in [4.78, 5) is 22.7. The number of ether oxygens (including phenoxy) is 4. The van der Waals surface area contributed by atoms with Crippen LogP contribution in [0.25, 0.3) is 11.0 Å². The van der Waals surface area contributed by atoms with Gasteiger partial charge in [0.15, 0.2) is 12.0 Å². The maximum absolute atomic E-state index is 12.5. The maximum atomic E-state index is 12.5. The lowest BCUT2D eigenvalue weighted by atomic mass is 10.0. The molecule has 188 valence electrons. The number of hydrogen-bond donors (Lipinski definition) is 1. The molecule has 5 rings (SSSR count). The van der Waals surface area contributed by atoms with Crippen LogP contribution in [0.15, 0.2) is 72.4 Å². The Labute approximate surface area is 209 Å². The zero-order valence-corrected chi connectivity index (χ0v) is 20.1. The van der Waals surface area contributed by atoms with Crippen LogP contribution in [-0.4, -0.2) is 45.8 Å². The summed E-state index contributed by atoms with van der Waals surface area (Å²) in [5.41, 5.74) is 3.11. The Morgan fingerprint density at radius 1 is 1.25 bits per heavy atom. The van der Waals surface area contributed by atoms with Crippen LogP contribution in [0, 0.1) is 0 Å². The van der Waals surface area contributed by atoms with E-state index in [4.69, 9.17) is 18.9 Å². The van der Waals surface area contributed by atoms with Crippen molar-refractivity contribution in [1.82, 2.24) is 14.9 Å². The molecule has 9 nitrogen and oxygen atoms in total. The molecule has 2 aromatic rings. The number of aliphatic hydroxyl groups excluding tert-OH is 1. The van der Waals surface area contributed by atoms with Gasteiger partial charge in [0.2, 0.25) is 11.8 Å². The van der Waals surface area contributed by atoms with Crippen molar-refractivity contribution in [2.75, 3.05) is 13.7 Å². The highest BCUT2D eigenvalue weighted by molar-refractivity contribution is 5.78. The first-order chi connectivity index (χ1) is 17.6. The molecule has 9 heteroatoms. The molecule has 0 aromatic carbocycles. The summed E-state index contributed by atoms with van der Waals surface area (Å²) < 4.78 is 22.2. The molecule has 0 bridgehead atoms. The molecular formula is C27H29N3O6. The van der Waals surface area contributed by atoms with Crippen LogP contribution < -0.4 is 4.74 Å². The highest BCUT2D eigenvalue weighted by Crippen LogP contribution is 2.31. The number of amides is 1. The lowest BCUT2D eigenvalue weighted by Crippen LogP contribution is -2.27. The first kappa shape index (κ1) is 23.9. The van der Waals surface area contributed by atoms with Gasteiger partial charge in [-0.3, -0.25) is 4.98 Å². The lowest BCUT2D eigenvalue weighted by molar-refractivity contribution is 0.115. The van der Waals surface area contributed by atoms with Gasteiger partial charge in [0.05, 0.1) is 30.8 Å². The molecule has 1 amide bonds. The van der Waals surface area contributed by atoms with Crippen molar-refractivity contribution in [1.29, 1.82) is 0 Å². The summed E-state index contributed by atoms with van der Waals surface area (Å²) in [7, 11) is 1.56. The largest absolute Gasteiger partial charge is 0.481 e. The number of nitrogens with zero attached hydrogens (tertiary/aromatic N) is 3. The topological polar surface area (TPSA) is 103 Å². The van der Waals surface area contributed by atoms with Crippen LogP contribution in [0.4, 0.5) is 4.79 Å². The predicted molar refractivity (Wildman–Crippen MR) is 131 cm³/mol. The maximum Gasteiger partial charge on any atom is 0.417 e. The Morgan fingerprint density at radius 3 is 3.00 bits per heavy atom. The number of carbonyl (C=O) groups is 1. The third kappa shape index (κ3) is 5.21. The fourth-order valence-electron chi connectivity index (χ4n) is 4.51. The number of rotatable bonds is 9. The number of cyclic esters (lactones) is 1. The summed E-state index contributed by atoms with van der Waals surface area (Å²) in [5.74, 6) is 1.42. The zero-order valence-electron chi connectivity index (χ0n) is 20.1. The van der Waals surface area contributed by atoms with Crippen LogP contribution >= 0.6 is 0 Å². The monoisotopic (exact) mass is 491 g/mol. The predicted octanol–water partition coefficient (Wildman–Crippen LogP) is 5.02. The molecule has 0 saturated carbocycles. The fourth-order valence-corrected chi connectivity index (χ4v) is 4.51. The van der Waals surface area contributed by atoms with Crippen LogP contribution in [0.2, 0.25) is 0 Å². The van der Waals surface area contributed by atoms with Crippen LogP contribution in [0.5, 0.6) is 5.88 Å². The molecule has 0 unspecified atom stereocenters. The third-order valence-corrected chi connectivity index (χ3v) is 6.44. The summed E-state index contributed by atoms with van der Waals surface area (Å²) in [6, 6.07) is 5.37. The van der Waals surface area contributed by atoms with Crippen LogP contribution in [-0.2, 0) is 14.2 Å². The second-order valence-electron chi connectivity index (χ2n) is 8.87. The number of unbranched alkanes of at least 4 members (excludes halogenated alkanes) is 1. The van der Waals surface area contributed by atoms with Crippen molar-refractivity contribution in [2.24, 2.45) is 0 Å². The molecule has 0 radical (unpaired) electrons. The molecular weight excluding hydrogens is 462 g/mol. The van der Waals surface area contributed by atoms with Gasteiger partial charge in [-0.05, 0) is 49.8 Å². The molecule has 1 N–H and O–H groups in total. The molecule has 3 aliphatic rings. The minimum atomic E-state index is -0.676. The van der Waals surface area contributed by atoms with E-state index in [1.807, 2.05) is 18.2 Å². The second-order valence-corrected chi connectivity index (χ2v) is 8.87. The normalized spacial score (nSPS) is 20.2. The number of allylic oxidation sites excluding steroid dienone is 4. The molecule has 2 aromatic heterocycles. The number of fused-ring (bicyclic) bond motifs is 1. The van der Waals surface area contributed by atoms with E-state index in [2.05, 4.69) is 16.0 Å². The fraction of sp³-hybridized carbons (Fsp3) is 0.370. The first-order valence-electron chi connectivity index (χ1n) is 12.2. The molecule has 36 heavy (non-hydrogen) atoms. The minimum Gasteiger partial charge on any atom is -0.481 e. The van der Waals surface area contributed by atoms with Crippen molar-refractivity contribution in [3.05, 3.63) is 77.9 Å². The summed E-state index contributed by atoms with van der Waals surface area (Å²) >= 11 is 0. The van der Waals surface area contributed by atoms with E-state index in [0.29, 0.717) is 47.9 Å². The van der Waals surface area contributed by atoms with Gasteiger partial charge >= 0.3 is 6.09 Å². The highest BCUT2D eigenvalue weighted by Gasteiger charge is 2.36. The smallest absolute Gasteiger partial charge is 0.417 e. The number of aromatic nitrogens is 2. The number of pyridine rings is 2. The van der Waals surface area contributed by atoms with E-state index in [9.17, 15) is 9.90 Å². The zero-order chi connectivity index (χ0) is 24.9. The standard InChI is InChI=1S/C27H29N3O6/c1-33-24-12-11-21-26(29-24)20(13-14-28-21)22(31)10-6-5-9-19-15-30(27(32)35-19)25-17-34-16-23(36-25)18-7-3-2-4-8-18/h2-3,7,11-14,16-17,19,22,31H,4-6,8-10,15H2,1H3/t19-,22+/m1/s1. The number of carbonyl (C=O) groups excluding carboxylic acids is 1. The van der Waals surface area contributed by atoms with Crippen molar-refractivity contribution in [3.8, 4) is 5.88 Å². The van der Waals surface area contributed by atoms with E-state index in [1.165, 1.54) is 11.2 Å². The summed E-state index contributed by atoms with van der Waals surface area (Å²) in [6.45, 7) is 0.390. The van der Waals surface area contributed by atoms with Gasteiger partial charge in [-0.15, -0.1) is 0 Å². The SMILES string of the molecule is COc1ccc2nccc([C@@H](O)CCCC[C@@H]3CN(C4=COC=C(C5=CC=CCC5)O4)C(=O)O3)c2n1. The third-order valence-electron chi connectivity index (χ3n) is 6.44. The van der Waals surface area contributed by atoms with Gasteiger partial charge in [0.1, 0.15) is 12.4 Å².